The lowest BCUT2D eigenvalue weighted by atomic mass is 9.98. The zero-order valence-corrected chi connectivity index (χ0v) is 21.2. The van der Waals surface area contributed by atoms with Crippen LogP contribution in [0.1, 0.15) is 46.5 Å². The van der Waals surface area contributed by atoms with Gasteiger partial charge in [-0.3, -0.25) is 4.79 Å². The molecular weight excluding hydrogens is 470 g/mol. The van der Waals surface area contributed by atoms with E-state index in [1.807, 2.05) is 45.0 Å². The third kappa shape index (κ3) is 5.67. The van der Waals surface area contributed by atoms with E-state index in [-0.39, 0.29) is 17.2 Å². The van der Waals surface area contributed by atoms with E-state index in [2.05, 4.69) is 5.32 Å². The maximum Gasteiger partial charge on any atom is 0.360 e. The first kappa shape index (κ1) is 25.6. The van der Waals surface area contributed by atoms with Crippen LogP contribution in [0.25, 0.3) is 11.0 Å². The molecule has 190 valence electrons. The molecule has 4 rings (SSSR count). The lowest BCUT2D eigenvalue weighted by Crippen LogP contribution is -2.18. The van der Waals surface area contributed by atoms with Crippen molar-refractivity contribution < 1.29 is 24.2 Å². The van der Waals surface area contributed by atoms with Crippen molar-refractivity contribution in [3.63, 3.8) is 0 Å². The molecule has 7 nitrogen and oxygen atoms in total. The van der Waals surface area contributed by atoms with Gasteiger partial charge < -0.3 is 24.7 Å². The van der Waals surface area contributed by atoms with Gasteiger partial charge in [0.2, 0.25) is 0 Å². The van der Waals surface area contributed by atoms with Gasteiger partial charge in [0.05, 0.1) is 7.11 Å². The molecule has 0 bridgehead atoms. The van der Waals surface area contributed by atoms with Gasteiger partial charge in [-0.1, -0.05) is 29.8 Å². The number of carbonyl (C=O) groups excluding carboxylic acids is 1. The molecule has 0 spiro atoms. The molecule has 3 N–H and O–H groups in total. The Labute approximate surface area is 214 Å². The first-order valence-electron chi connectivity index (χ1n) is 11.8. The standard InChI is InChI=1S/C30H29NO6/c1-17(2)5-7-21-15-23(10-12-25(21)32)29(34)31-24-16-22-9-8-20(18(3)28(22)37-30(24)35)13-19-6-11-26(33)27(14-19)36-4/h5-6,8-12,14-16,32-33H,7,13H2,1-4H3,(H,31,34). The zero-order chi connectivity index (χ0) is 26.7. The van der Waals surface area contributed by atoms with Crippen LogP contribution in [0, 0.1) is 6.92 Å². The molecule has 0 aliphatic heterocycles. The Balaban J connectivity index is 1.60. The van der Waals surface area contributed by atoms with E-state index >= 15 is 0 Å². The number of phenolic OH excluding ortho intramolecular Hbond substituents is 2. The molecule has 0 aliphatic carbocycles. The van der Waals surface area contributed by atoms with E-state index in [1.165, 1.54) is 19.2 Å². The molecule has 3 aromatic carbocycles. The van der Waals surface area contributed by atoms with E-state index in [0.29, 0.717) is 40.7 Å². The van der Waals surface area contributed by atoms with Crippen LogP contribution >= 0.6 is 0 Å². The Bertz CT molecular complexity index is 1580. The highest BCUT2D eigenvalue weighted by Crippen LogP contribution is 2.30. The third-order valence-corrected chi connectivity index (χ3v) is 6.22. The number of rotatable bonds is 7. The number of anilines is 1. The summed E-state index contributed by atoms with van der Waals surface area (Å²) < 4.78 is 10.8. The van der Waals surface area contributed by atoms with Crippen molar-refractivity contribution in [1.82, 2.24) is 0 Å². The number of aromatic hydroxyl groups is 2. The summed E-state index contributed by atoms with van der Waals surface area (Å²) in [5.74, 6) is 0.0926. The quantitative estimate of drug-likeness (QED) is 0.217. The molecule has 1 heterocycles. The first-order valence-corrected chi connectivity index (χ1v) is 11.8. The van der Waals surface area contributed by atoms with Gasteiger partial charge in [-0.2, -0.15) is 0 Å². The molecule has 0 unspecified atom stereocenters. The number of hydrogen-bond donors (Lipinski definition) is 3. The lowest BCUT2D eigenvalue weighted by molar-refractivity contribution is 0.102. The van der Waals surface area contributed by atoms with Crippen LogP contribution in [-0.2, 0) is 12.8 Å². The number of ether oxygens (including phenoxy) is 1. The van der Waals surface area contributed by atoms with Crippen molar-refractivity contribution >= 4 is 22.6 Å². The highest BCUT2D eigenvalue weighted by atomic mass is 16.5. The molecule has 0 saturated carbocycles. The number of fused-ring (bicyclic) bond motifs is 1. The highest BCUT2D eigenvalue weighted by molar-refractivity contribution is 6.05. The summed E-state index contributed by atoms with van der Waals surface area (Å²) in [5.41, 5.74) is 4.56. The van der Waals surface area contributed by atoms with Crippen molar-refractivity contribution in [2.24, 2.45) is 0 Å². The van der Waals surface area contributed by atoms with Crippen molar-refractivity contribution in [3.8, 4) is 17.2 Å². The minimum atomic E-state index is -0.657. The molecule has 0 fully saturated rings. The number of amides is 1. The molecule has 0 radical (unpaired) electrons. The SMILES string of the molecule is COc1cc(Cc2ccc3cc(NC(=O)c4ccc(O)c(CC=C(C)C)c4)c(=O)oc3c2C)ccc1O. The van der Waals surface area contributed by atoms with Crippen molar-refractivity contribution in [3.05, 3.63) is 104 Å². The van der Waals surface area contributed by atoms with Gasteiger partial charge in [0.15, 0.2) is 11.5 Å². The Morgan fingerprint density at radius 2 is 1.76 bits per heavy atom. The Kier molecular flexibility index (Phi) is 7.34. The van der Waals surface area contributed by atoms with Gasteiger partial charge in [0, 0.05) is 10.9 Å². The van der Waals surface area contributed by atoms with Crippen molar-refractivity contribution in [2.45, 2.75) is 33.6 Å². The molecule has 37 heavy (non-hydrogen) atoms. The van der Waals surface area contributed by atoms with E-state index in [4.69, 9.17) is 9.15 Å². The largest absolute Gasteiger partial charge is 0.508 e. The highest BCUT2D eigenvalue weighted by Gasteiger charge is 2.15. The van der Waals surface area contributed by atoms with Crippen molar-refractivity contribution in [2.75, 3.05) is 12.4 Å². The average molecular weight is 500 g/mol. The summed E-state index contributed by atoms with van der Waals surface area (Å²) >= 11 is 0. The second-order valence-electron chi connectivity index (χ2n) is 9.18. The normalized spacial score (nSPS) is 10.8. The van der Waals surface area contributed by atoms with Gasteiger partial charge in [-0.05, 0) is 92.3 Å². The molecule has 1 aromatic heterocycles. The number of allylic oxidation sites excluding steroid dienone is 2. The lowest BCUT2D eigenvalue weighted by Gasteiger charge is -2.12. The second-order valence-corrected chi connectivity index (χ2v) is 9.18. The third-order valence-electron chi connectivity index (χ3n) is 6.22. The topological polar surface area (TPSA) is 109 Å². The number of carbonyl (C=O) groups is 1. The summed E-state index contributed by atoms with van der Waals surface area (Å²) in [5, 5.41) is 23.3. The van der Waals surface area contributed by atoms with Gasteiger partial charge in [0.1, 0.15) is 17.0 Å². The molecular formula is C30H29NO6. The molecule has 4 aromatic rings. The van der Waals surface area contributed by atoms with E-state index in [0.717, 1.165) is 22.3 Å². The maximum atomic E-state index is 12.9. The van der Waals surface area contributed by atoms with Gasteiger partial charge in [0.25, 0.3) is 5.91 Å². The van der Waals surface area contributed by atoms with Gasteiger partial charge >= 0.3 is 5.63 Å². The van der Waals surface area contributed by atoms with E-state index in [1.54, 1.807) is 24.3 Å². The monoisotopic (exact) mass is 499 g/mol. The molecule has 0 saturated heterocycles. The number of aryl methyl sites for hydroxylation is 1. The molecule has 0 aliphatic rings. The fourth-order valence-electron chi connectivity index (χ4n) is 4.09. The predicted molar refractivity (Wildman–Crippen MR) is 144 cm³/mol. The van der Waals surface area contributed by atoms with E-state index in [9.17, 15) is 19.8 Å². The Morgan fingerprint density at radius 3 is 2.49 bits per heavy atom. The fraction of sp³-hybridized carbons (Fsp3) is 0.200. The summed E-state index contributed by atoms with van der Waals surface area (Å²) in [4.78, 5) is 25.7. The fourth-order valence-corrected chi connectivity index (χ4v) is 4.09. The minimum absolute atomic E-state index is 0.0341. The number of nitrogens with one attached hydrogen (secondary N) is 1. The van der Waals surface area contributed by atoms with Crippen LogP contribution in [0.5, 0.6) is 17.2 Å². The number of benzene rings is 3. The van der Waals surface area contributed by atoms with Crippen LogP contribution in [0.4, 0.5) is 5.69 Å². The smallest absolute Gasteiger partial charge is 0.360 e. The van der Waals surface area contributed by atoms with Crippen LogP contribution in [0.3, 0.4) is 0 Å². The molecule has 1 amide bonds. The summed E-state index contributed by atoms with van der Waals surface area (Å²) in [6.45, 7) is 5.80. The Hall–Kier alpha value is -4.52. The molecule has 7 heteroatoms. The van der Waals surface area contributed by atoms with Crippen molar-refractivity contribution in [1.29, 1.82) is 0 Å². The van der Waals surface area contributed by atoms with Crippen LogP contribution in [0.15, 0.2) is 75.5 Å². The summed E-state index contributed by atoms with van der Waals surface area (Å²) in [6, 6.07) is 15.1. The number of hydrogen-bond acceptors (Lipinski definition) is 6. The van der Waals surface area contributed by atoms with Gasteiger partial charge in [-0.25, -0.2) is 4.79 Å². The second kappa shape index (κ2) is 10.6. The number of methoxy groups -OCH3 is 1. The summed E-state index contributed by atoms with van der Waals surface area (Å²) in [6.07, 6.45) is 3.01. The van der Waals surface area contributed by atoms with Crippen LogP contribution in [-0.4, -0.2) is 23.2 Å². The zero-order valence-electron chi connectivity index (χ0n) is 21.2. The minimum Gasteiger partial charge on any atom is -0.508 e. The predicted octanol–water partition coefficient (Wildman–Crippen LogP) is 5.87. The first-order chi connectivity index (χ1) is 17.7. The number of phenols is 2. The Morgan fingerprint density at radius 1 is 1.00 bits per heavy atom. The van der Waals surface area contributed by atoms with Crippen LogP contribution < -0.4 is 15.7 Å². The summed E-state index contributed by atoms with van der Waals surface area (Å²) in [7, 11) is 1.50. The maximum absolute atomic E-state index is 12.9. The average Bonchev–Trinajstić information content (AvgIpc) is 2.87. The van der Waals surface area contributed by atoms with Crippen LogP contribution in [0.2, 0.25) is 0 Å². The van der Waals surface area contributed by atoms with E-state index < -0.39 is 11.5 Å². The molecule has 0 atom stereocenters. The van der Waals surface area contributed by atoms with Gasteiger partial charge in [-0.15, -0.1) is 0 Å².